The average Bonchev–Trinajstić information content (AvgIpc) is 2.91. The normalized spacial score (nSPS) is 14.0. The fraction of sp³-hybridized carbons (Fsp3) is 0.154. The van der Waals surface area contributed by atoms with Crippen molar-refractivity contribution in [2.24, 2.45) is 0 Å². The van der Waals surface area contributed by atoms with E-state index in [0.29, 0.717) is 18.7 Å². The molecule has 2 aromatic rings. The number of fused-ring (bicyclic) bond motifs is 1. The first kappa shape index (κ1) is 9.96. The third-order valence-corrected chi connectivity index (χ3v) is 2.74. The molecule has 17 heavy (non-hydrogen) atoms. The van der Waals surface area contributed by atoms with E-state index in [2.05, 4.69) is 0 Å². The van der Waals surface area contributed by atoms with E-state index >= 15 is 0 Å². The highest BCUT2D eigenvalue weighted by Gasteiger charge is 2.24. The van der Waals surface area contributed by atoms with Gasteiger partial charge in [-0.05, 0) is 18.2 Å². The van der Waals surface area contributed by atoms with E-state index in [1.807, 2.05) is 24.3 Å². The zero-order chi connectivity index (χ0) is 11.7. The smallest absolute Gasteiger partial charge is 0.261 e. The number of amides is 1. The average molecular weight is 229 g/mol. The highest BCUT2D eigenvalue weighted by molar-refractivity contribution is 6.06. The SMILES string of the molecule is O=C(c1ccoc1)N1CCOc2ccccc21. The van der Waals surface area contributed by atoms with E-state index < -0.39 is 0 Å². The van der Waals surface area contributed by atoms with E-state index in [-0.39, 0.29) is 5.91 Å². The van der Waals surface area contributed by atoms with Crippen molar-refractivity contribution in [3.8, 4) is 5.75 Å². The molecule has 4 nitrogen and oxygen atoms in total. The van der Waals surface area contributed by atoms with Crippen molar-refractivity contribution in [2.45, 2.75) is 0 Å². The van der Waals surface area contributed by atoms with Gasteiger partial charge in [-0.2, -0.15) is 0 Å². The maximum Gasteiger partial charge on any atom is 0.261 e. The lowest BCUT2D eigenvalue weighted by Gasteiger charge is -2.29. The maximum absolute atomic E-state index is 12.2. The fourth-order valence-corrected chi connectivity index (χ4v) is 1.92. The van der Waals surface area contributed by atoms with Crippen molar-refractivity contribution in [1.82, 2.24) is 0 Å². The van der Waals surface area contributed by atoms with Crippen LogP contribution in [0.4, 0.5) is 5.69 Å². The molecule has 1 aliphatic rings. The summed E-state index contributed by atoms with van der Waals surface area (Å²) in [5, 5.41) is 0. The molecule has 0 spiro atoms. The Kier molecular flexibility index (Phi) is 2.33. The van der Waals surface area contributed by atoms with E-state index in [0.717, 1.165) is 11.4 Å². The number of carbonyl (C=O) groups is 1. The van der Waals surface area contributed by atoms with Gasteiger partial charge >= 0.3 is 0 Å². The van der Waals surface area contributed by atoms with Crippen LogP contribution in [-0.2, 0) is 0 Å². The molecule has 0 radical (unpaired) electrons. The van der Waals surface area contributed by atoms with Crippen LogP contribution < -0.4 is 9.64 Å². The van der Waals surface area contributed by atoms with E-state index in [9.17, 15) is 4.79 Å². The van der Waals surface area contributed by atoms with Crippen molar-refractivity contribution < 1.29 is 13.9 Å². The number of anilines is 1. The molecule has 4 heteroatoms. The summed E-state index contributed by atoms with van der Waals surface area (Å²) in [6, 6.07) is 9.20. The Labute approximate surface area is 98.4 Å². The molecule has 0 N–H and O–H groups in total. The summed E-state index contributed by atoms with van der Waals surface area (Å²) in [5.41, 5.74) is 1.37. The minimum absolute atomic E-state index is 0.0606. The summed E-state index contributed by atoms with van der Waals surface area (Å²) >= 11 is 0. The summed E-state index contributed by atoms with van der Waals surface area (Å²) in [4.78, 5) is 13.9. The summed E-state index contributed by atoms with van der Waals surface area (Å²) in [6.07, 6.45) is 2.96. The molecule has 3 rings (SSSR count). The van der Waals surface area contributed by atoms with Crippen LogP contribution in [0.15, 0.2) is 47.3 Å². The second-order valence-electron chi connectivity index (χ2n) is 3.79. The van der Waals surface area contributed by atoms with E-state index in [1.54, 1.807) is 11.0 Å². The van der Waals surface area contributed by atoms with Crippen LogP contribution >= 0.6 is 0 Å². The Hall–Kier alpha value is -2.23. The number of ether oxygens (including phenoxy) is 1. The van der Waals surface area contributed by atoms with Crippen molar-refractivity contribution in [1.29, 1.82) is 0 Å². The number of nitrogens with zero attached hydrogens (tertiary/aromatic N) is 1. The van der Waals surface area contributed by atoms with Crippen LogP contribution in [0.2, 0.25) is 0 Å². The highest BCUT2D eigenvalue weighted by Crippen LogP contribution is 2.31. The molecular weight excluding hydrogens is 218 g/mol. The van der Waals surface area contributed by atoms with Gasteiger partial charge in [-0.15, -0.1) is 0 Å². The van der Waals surface area contributed by atoms with Crippen LogP contribution in [0.3, 0.4) is 0 Å². The molecule has 0 unspecified atom stereocenters. The molecule has 1 amide bonds. The second-order valence-corrected chi connectivity index (χ2v) is 3.79. The molecule has 1 aliphatic heterocycles. The van der Waals surface area contributed by atoms with E-state index in [4.69, 9.17) is 9.15 Å². The quantitative estimate of drug-likeness (QED) is 0.753. The monoisotopic (exact) mass is 229 g/mol. The van der Waals surface area contributed by atoms with Crippen LogP contribution in [0.1, 0.15) is 10.4 Å². The van der Waals surface area contributed by atoms with Crippen LogP contribution in [0.25, 0.3) is 0 Å². The van der Waals surface area contributed by atoms with Crippen LogP contribution in [0, 0.1) is 0 Å². The van der Waals surface area contributed by atoms with Gasteiger partial charge in [0.15, 0.2) is 0 Å². The van der Waals surface area contributed by atoms with Gasteiger partial charge in [-0.25, -0.2) is 0 Å². The first-order chi connectivity index (χ1) is 8.36. The van der Waals surface area contributed by atoms with E-state index in [1.165, 1.54) is 12.5 Å². The molecule has 0 fully saturated rings. The molecule has 1 aromatic carbocycles. The Morgan fingerprint density at radius 1 is 1.24 bits per heavy atom. The van der Waals surface area contributed by atoms with Crippen molar-refractivity contribution in [2.75, 3.05) is 18.1 Å². The van der Waals surface area contributed by atoms with Gasteiger partial charge in [0, 0.05) is 0 Å². The van der Waals surface area contributed by atoms with Gasteiger partial charge in [0.05, 0.1) is 24.1 Å². The molecule has 0 bridgehead atoms. The number of rotatable bonds is 1. The molecule has 0 atom stereocenters. The number of benzene rings is 1. The number of carbonyl (C=O) groups excluding carboxylic acids is 1. The highest BCUT2D eigenvalue weighted by atomic mass is 16.5. The number of hydrogen-bond acceptors (Lipinski definition) is 3. The Bertz CT molecular complexity index is 533. The first-order valence-electron chi connectivity index (χ1n) is 5.42. The van der Waals surface area contributed by atoms with Crippen LogP contribution in [0.5, 0.6) is 5.75 Å². The van der Waals surface area contributed by atoms with Crippen molar-refractivity contribution in [3.05, 3.63) is 48.4 Å². The molecule has 1 aromatic heterocycles. The lowest BCUT2D eigenvalue weighted by molar-refractivity contribution is 0.0976. The Morgan fingerprint density at radius 3 is 2.94 bits per heavy atom. The third kappa shape index (κ3) is 1.67. The lowest BCUT2D eigenvalue weighted by atomic mass is 10.2. The van der Waals surface area contributed by atoms with Gasteiger partial charge in [-0.3, -0.25) is 4.79 Å². The minimum Gasteiger partial charge on any atom is -0.490 e. The molecule has 0 aliphatic carbocycles. The summed E-state index contributed by atoms with van der Waals surface area (Å²) < 4.78 is 10.4. The van der Waals surface area contributed by atoms with Crippen LogP contribution in [-0.4, -0.2) is 19.1 Å². The summed E-state index contributed by atoms with van der Waals surface area (Å²) in [7, 11) is 0. The first-order valence-corrected chi connectivity index (χ1v) is 5.42. The molecule has 0 saturated heterocycles. The largest absolute Gasteiger partial charge is 0.490 e. The molecule has 86 valence electrons. The predicted molar refractivity (Wildman–Crippen MR) is 62.3 cm³/mol. The van der Waals surface area contributed by atoms with Gasteiger partial charge in [0.25, 0.3) is 5.91 Å². The minimum atomic E-state index is -0.0606. The zero-order valence-electron chi connectivity index (χ0n) is 9.13. The van der Waals surface area contributed by atoms with Crippen molar-refractivity contribution >= 4 is 11.6 Å². The number of para-hydroxylation sites is 2. The number of furan rings is 1. The van der Waals surface area contributed by atoms with Gasteiger partial charge in [0.2, 0.25) is 0 Å². The lowest BCUT2D eigenvalue weighted by Crippen LogP contribution is -2.37. The van der Waals surface area contributed by atoms with Gasteiger partial charge in [-0.1, -0.05) is 12.1 Å². The fourth-order valence-electron chi connectivity index (χ4n) is 1.92. The Morgan fingerprint density at radius 2 is 2.12 bits per heavy atom. The second kappa shape index (κ2) is 3.97. The maximum atomic E-state index is 12.2. The predicted octanol–water partition coefficient (Wildman–Crippen LogP) is 2.32. The van der Waals surface area contributed by atoms with Gasteiger partial charge < -0.3 is 14.1 Å². The Balaban J connectivity index is 1.98. The molecular formula is C13H11NO3. The molecule has 0 saturated carbocycles. The third-order valence-electron chi connectivity index (χ3n) is 2.74. The number of hydrogen-bond donors (Lipinski definition) is 0. The van der Waals surface area contributed by atoms with Crippen molar-refractivity contribution in [3.63, 3.8) is 0 Å². The standard InChI is InChI=1S/C13H11NO3/c15-13(10-5-7-16-9-10)14-6-8-17-12-4-2-1-3-11(12)14/h1-5,7,9H,6,8H2. The van der Waals surface area contributed by atoms with Gasteiger partial charge in [0.1, 0.15) is 18.6 Å². The zero-order valence-corrected chi connectivity index (χ0v) is 9.13. The topological polar surface area (TPSA) is 42.7 Å². The molecule has 2 heterocycles. The summed E-state index contributed by atoms with van der Waals surface area (Å²) in [5.74, 6) is 0.685. The summed E-state index contributed by atoms with van der Waals surface area (Å²) in [6.45, 7) is 1.07.